The zero-order valence-corrected chi connectivity index (χ0v) is 11.0. The molecular formula is C13H17NO4. The lowest BCUT2D eigenvalue weighted by Crippen LogP contribution is -2.04. The Morgan fingerprint density at radius 2 is 1.72 bits per heavy atom. The SMILES string of the molecule is COc1cc(OC)c(C2CC(C)=NO2)c(OC)c1. The smallest absolute Gasteiger partial charge is 0.165 e. The molecule has 1 unspecified atom stereocenters. The number of nitrogens with zero attached hydrogens (tertiary/aromatic N) is 1. The molecule has 0 fully saturated rings. The topological polar surface area (TPSA) is 49.3 Å². The normalized spacial score (nSPS) is 18.0. The molecule has 0 aliphatic carbocycles. The van der Waals surface area contributed by atoms with Crippen LogP contribution in [0.25, 0.3) is 0 Å². The standard InChI is InChI=1S/C13H17NO4/c1-8-5-12(18-14-8)13-10(16-3)6-9(15-2)7-11(13)17-4/h6-7,12H,5H2,1-4H3. The van der Waals surface area contributed by atoms with Gasteiger partial charge in [-0.15, -0.1) is 0 Å². The highest BCUT2D eigenvalue weighted by atomic mass is 16.6. The molecule has 0 saturated heterocycles. The van der Waals surface area contributed by atoms with Gasteiger partial charge >= 0.3 is 0 Å². The van der Waals surface area contributed by atoms with Gasteiger partial charge in [-0.3, -0.25) is 0 Å². The molecule has 1 aliphatic heterocycles. The Balaban J connectivity index is 2.44. The summed E-state index contributed by atoms with van der Waals surface area (Å²) in [6, 6.07) is 3.63. The number of hydrogen-bond acceptors (Lipinski definition) is 5. The summed E-state index contributed by atoms with van der Waals surface area (Å²) >= 11 is 0. The minimum Gasteiger partial charge on any atom is -0.496 e. The monoisotopic (exact) mass is 251 g/mol. The minimum atomic E-state index is -0.166. The van der Waals surface area contributed by atoms with Crippen LogP contribution in [0.1, 0.15) is 25.0 Å². The van der Waals surface area contributed by atoms with E-state index in [4.69, 9.17) is 19.0 Å². The summed E-state index contributed by atoms with van der Waals surface area (Å²) in [7, 11) is 4.83. The molecule has 5 heteroatoms. The van der Waals surface area contributed by atoms with Crippen LogP contribution in [0, 0.1) is 0 Å². The predicted molar refractivity (Wildman–Crippen MR) is 67.7 cm³/mol. The van der Waals surface area contributed by atoms with E-state index in [1.165, 1.54) is 0 Å². The average molecular weight is 251 g/mol. The van der Waals surface area contributed by atoms with Crippen molar-refractivity contribution in [3.05, 3.63) is 17.7 Å². The van der Waals surface area contributed by atoms with Crippen LogP contribution in [0.3, 0.4) is 0 Å². The molecule has 0 N–H and O–H groups in total. The van der Waals surface area contributed by atoms with E-state index in [9.17, 15) is 0 Å². The van der Waals surface area contributed by atoms with Crippen LogP contribution in [-0.4, -0.2) is 27.0 Å². The van der Waals surface area contributed by atoms with Crippen molar-refractivity contribution in [2.45, 2.75) is 19.4 Å². The van der Waals surface area contributed by atoms with Crippen LogP contribution >= 0.6 is 0 Å². The fourth-order valence-electron chi connectivity index (χ4n) is 2.00. The molecule has 1 heterocycles. The lowest BCUT2D eigenvalue weighted by molar-refractivity contribution is 0.0814. The quantitative estimate of drug-likeness (QED) is 0.825. The van der Waals surface area contributed by atoms with Gasteiger partial charge in [-0.25, -0.2) is 0 Å². The van der Waals surface area contributed by atoms with Crippen LogP contribution in [0.15, 0.2) is 17.3 Å². The van der Waals surface area contributed by atoms with Crippen molar-refractivity contribution in [1.29, 1.82) is 0 Å². The first-order valence-electron chi connectivity index (χ1n) is 5.68. The number of hydrogen-bond donors (Lipinski definition) is 0. The maximum Gasteiger partial charge on any atom is 0.165 e. The first-order chi connectivity index (χ1) is 8.69. The second kappa shape index (κ2) is 5.16. The van der Waals surface area contributed by atoms with Crippen molar-refractivity contribution < 1.29 is 19.0 Å². The molecule has 1 aromatic rings. The maximum atomic E-state index is 5.40. The number of oxime groups is 1. The van der Waals surface area contributed by atoms with Gasteiger partial charge in [-0.1, -0.05) is 5.16 Å². The fourth-order valence-corrected chi connectivity index (χ4v) is 2.00. The maximum absolute atomic E-state index is 5.40. The Morgan fingerprint density at radius 3 is 2.11 bits per heavy atom. The zero-order valence-electron chi connectivity index (χ0n) is 11.0. The minimum absolute atomic E-state index is 0.166. The van der Waals surface area contributed by atoms with Gasteiger partial charge in [0.1, 0.15) is 17.2 Å². The molecule has 1 aliphatic rings. The van der Waals surface area contributed by atoms with E-state index in [1.54, 1.807) is 21.3 Å². The van der Waals surface area contributed by atoms with Gasteiger partial charge in [-0.05, 0) is 6.92 Å². The van der Waals surface area contributed by atoms with Gasteiger partial charge in [0.15, 0.2) is 6.10 Å². The lowest BCUT2D eigenvalue weighted by atomic mass is 10.0. The van der Waals surface area contributed by atoms with Crippen molar-refractivity contribution in [3.63, 3.8) is 0 Å². The van der Waals surface area contributed by atoms with Crippen molar-refractivity contribution in [3.8, 4) is 17.2 Å². The summed E-state index contributed by atoms with van der Waals surface area (Å²) in [6.45, 7) is 1.93. The van der Waals surface area contributed by atoms with Crippen molar-refractivity contribution in [2.24, 2.45) is 5.16 Å². The molecule has 0 radical (unpaired) electrons. The third-order valence-corrected chi connectivity index (χ3v) is 2.89. The van der Waals surface area contributed by atoms with Crippen LogP contribution in [-0.2, 0) is 4.84 Å². The Bertz CT molecular complexity index is 445. The van der Waals surface area contributed by atoms with Crippen molar-refractivity contribution in [2.75, 3.05) is 21.3 Å². The zero-order chi connectivity index (χ0) is 13.1. The number of rotatable bonds is 4. The predicted octanol–water partition coefficient (Wildman–Crippen LogP) is 2.55. The molecule has 0 spiro atoms. The first-order valence-corrected chi connectivity index (χ1v) is 5.68. The van der Waals surface area contributed by atoms with Gasteiger partial charge in [0.2, 0.25) is 0 Å². The Kier molecular flexibility index (Phi) is 3.60. The van der Waals surface area contributed by atoms with Crippen LogP contribution in [0.5, 0.6) is 17.2 Å². The molecular weight excluding hydrogens is 234 g/mol. The largest absolute Gasteiger partial charge is 0.496 e. The highest BCUT2D eigenvalue weighted by Gasteiger charge is 2.28. The second-order valence-corrected chi connectivity index (χ2v) is 4.07. The highest BCUT2D eigenvalue weighted by Crippen LogP contribution is 2.42. The van der Waals surface area contributed by atoms with Gasteiger partial charge in [0.05, 0.1) is 32.6 Å². The third-order valence-electron chi connectivity index (χ3n) is 2.89. The fraction of sp³-hybridized carbons (Fsp3) is 0.462. The summed E-state index contributed by atoms with van der Waals surface area (Å²) < 4.78 is 16.0. The van der Waals surface area contributed by atoms with Crippen molar-refractivity contribution in [1.82, 2.24) is 0 Å². The van der Waals surface area contributed by atoms with Gasteiger partial charge in [-0.2, -0.15) is 0 Å². The van der Waals surface area contributed by atoms with Gasteiger partial charge < -0.3 is 19.0 Å². The lowest BCUT2D eigenvalue weighted by Gasteiger charge is -2.18. The molecule has 18 heavy (non-hydrogen) atoms. The third kappa shape index (κ3) is 2.20. The first kappa shape index (κ1) is 12.5. The Morgan fingerprint density at radius 1 is 1.11 bits per heavy atom. The van der Waals surface area contributed by atoms with E-state index in [1.807, 2.05) is 19.1 Å². The van der Waals surface area contributed by atoms with Gasteiger partial charge in [0.25, 0.3) is 0 Å². The molecule has 2 rings (SSSR count). The second-order valence-electron chi connectivity index (χ2n) is 4.07. The molecule has 1 aromatic carbocycles. The number of benzene rings is 1. The summed E-state index contributed by atoms with van der Waals surface area (Å²) in [6.07, 6.45) is 0.569. The number of methoxy groups -OCH3 is 3. The number of ether oxygens (including phenoxy) is 3. The molecule has 5 nitrogen and oxygen atoms in total. The summed E-state index contributed by atoms with van der Waals surface area (Å²) in [5, 5.41) is 3.96. The summed E-state index contributed by atoms with van der Waals surface area (Å²) in [5.74, 6) is 2.05. The molecule has 98 valence electrons. The average Bonchev–Trinajstić information content (AvgIpc) is 2.83. The molecule has 1 atom stereocenters. The van der Waals surface area contributed by atoms with Gasteiger partial charge in [0, 0.05) is 18.6 Å². The van der Waals surface area contributed by atoms with E-state index in [2.05, 4.69) is 5.16 Å². The molecule has 0 saturated carbocycles. The molecule has 0 bridgehead atoms. The van der Waals surface area contributed by atoms with Crippen LogP contribution < -0.4 is 14.2 Å². The summed E-state index contributed by atoms with van der Waals surface area (Å²) in [4.78, 5) is 5.40. The van der Waals surface area contributed by atoms with Crippen LogP contribution in [0.2, 0.25) is 0 Å². The van der Waals surface area contributed by atoms with E-state index in [0.29, 0.717) is 17.2 Å². The van der Waals surface area contributed by atoms with Crippen molar-refractivity contribution >= 4 is 5.71 Å². The molecule has 0 amide bonds. The highest BCUT2D eigenvalue weighted by molar-refractivity contribution is 5.83. The molecule has 0 aromatic heterocycles. The Hall–Kier alpha value is -1.91. The van der Waals surface area contributed by atoms with E-state index in [-0.39, 0.29) is 6.10 Å². The van der Waals surface area contributed by atoms with E-state index in [0.717, 1.165) is 17.7 Å². The Labute approximate surface area is 106 Å². The van der Waals surface area contributed by atoms with E-state index >= 15 is 0 Å². The van der Waals surface area contributed by atoms with E-state index < -0.39 is 0 Å². The van der Waals surface area contributed by atoms with Crippen LogP contribution in [0.4, 0.5) is 0 Å². The summed E-state index contributed by atoms with van der Waals surface area (Å²) in [5.41, 5.74) is 1.82.